The number of benzene rings is 1. The monoisotopic (exact) mass is 274 g/mol. The van der Waals surface area contributed by atoms with E-state index < -0.39 is 0 Å². The highest BCUT2D eigenvalue weighted by Crippen LogP contribution is 2.52. The van der Waals surface area contributed by atoms with Gasteiger partial charge in [-0.15, -0.1) is 0 Å². The first-order chi connectivity index (χ1) is 9.50. The summed E-state index contributed by atoms with van der Waals surface area (Å²) in [4.78, 5) is 0. The summed E-state index contributed by atoms with van der Waals surface area (Å²) in [6.45, 7) is 4.43. The molecule has 2 N–H and O–H groups in total. The molecule has 0 aliphatic heterocycles. The normalized spacial score (nSPS) is 21.2. The molecule has 4 heteroatoms. The summed E-state index contributed by atoms with van der Waals surface area (Å²) in [7, 11) is 0. The fraction of sp³-hybridized carbons (Fsp3) is 0.438. The lowest BCUT2D eigenvalue weighted by atomic mass is 9.79. The molecule has 3 rings (SSSR count). The number of halogens is 1. The number of rotatable bonds is 2. The highest BCUT2D eigenvalue weighted by atomic mass is 19.1. The average molecular weight is 274 g/mol. The minimum Gasteiger partial charge on any atom is -0.380 e. The van der Waals surface area contributed by atoms with Crippen LogP contribution in [0.1, 0.15) is 44.8 Å². The molecule has 1 aliphatic rings. The molecule has 1 heterocycles. The van der Waals surface area contributed by atoms with Gasteiger partial charge in [0.15, 0.2) is 11.6 Å². The summed E-state index contributed by atoms with van der Waals surface area (Å²) in [5, 5.41) is 3.88. The summed E-state index contributed by atoms with van der Waals surface area (Å²) < 4.78 is 19.6. The molecule has 3 nitrogen and oxygen atoms in total. The van der Waals surface area contributed by atoms with Crippen LogP contribution in [-0.2, 0) is 0 Å². The minimum absolute atomic E-state index is 0.131. The molecule has 0 spiro atoms. The second kappa shape index (κ2) is 4.62. The van der Waals surface area contributed by atoms with Crippen molar-refractivity contribution in [1.29, 1.82) is 0 Å². The molecule has 0 saturated heterocycles. The lowest BCUT2D eigenvalue weighted by Crippen LogP contribution is -2.15. The van der Waals surface area contributed by atoms with E-state index in [1.165, 1.54) is 6.07 Å². The van der Waals surface area contributed by atoms with E-state index in [-0.39, 0.29) is 23.0 Å². The SMILES string of the molecule is CC1(C)CCCC1c1onc(N)c1-c1ccccc1F. The van der Waals surface area contributed by atoms with Crippen molar-refractivity contribution in [2.75, 3.05) is 5.73 Å². The Morgan fingerprint density at radius 3 is 2.75 bits per heavy atom. The van der Waals surface area contributed by atoms with Gasteiger partial charge in [0.2, 0.25) is 0 Å². The van der Waals surface area contributed by atoms with Crippen molar-refractivity contribution in [1.82, 2.24) is 5.16 Å². The largest absolute Gasteiger partial charge is 0.380 e. The van der Waals surface area contributed by atoms with Crippen molar-refractivity contribution in [2.24, 2.45) is 5.41 Å². The topological polar surface area (TPSA) is 52.0 Å². The van der Waals surface area contributed by atoms with E-state index in [9.17, 15) is 4.39 Å². The van der Waals surface area contributed by atoms with Crippen LogP contribution in [0.2, 0.25) is 0 Å². The lowest BCUT2D eigenvalue weighted by Gasteiger charge is -2.25. The van der Waals surface area contributed by atoms with E-state index >= 15 is 0 Å². The first-order valence-corrected chi connectivity index (χ1v) is 7.00. The molecular weight excluding hydrogens is 255 g/mol. The third kappa shape index (κ3) is 1.99. The number of aromatic nitrogens is 1. The Kier molecular flexibility index (Phi) is 3.04. The van der Waals surface area contributed by atoms with Gasteiger partial charge < -0.3 is 10.3 Å². The first kappa shape index (κ1) is 13.2. The maximum absolute atomic E-state index is 14.1. The van der Waals surface area contributed by atoms with Crippen LogP contribution >= 0.6 is 0 Å². The molecule has 2 aromatic rings. The van der Waals surface area contributed by atoms with Gasteiger partial charge in [-0.3, -0.25) is 0 Å². The molecule has 1 unspecified atom stereocenters. The van der Waals surface area contributed by atoms with Gasteiger partial charge in [-0.05, 0) is 24.3 Å². The fourth-order valence-corrected chi connectivity index (χ4v) is 3.30. The van der Waals surface area contributed by atoms with Crippen LogP contribution in [0.5, 0.6) is 0 Å². The molecule has 1 aromatic heterocycles. The summed E-state index contributed by atoms with van der Waals surface area (Å²) in [5.74, 6) is 0.948. The van der Waals surface area contributed by atoms with Gasteiger partial charge in [-0.2, -0.15) is 0 Å². The maximum Gasteiger partial charge on any atom is 0.175 e. The third-order valence-corrected chi connectivity index (χ3v) is 4.46. The number of anilines is 1. The smallest absolute Gasteiger partial charge is 0.175 e. The number of nitrogens with zero attached hydrogens (tertiary/aromatic N) is 1. The zero-order valence-electron chi connectivity index (χ0n) is 11.8. The fourth-order valence-electron chi connectivity index (χ4n) is 3.30. The minimum atomic E-state index is -0.292. The third-order valence-electron chi connectivity index (χ3n) is 4.46. The molecule has 0 bridgehead atoms. The van der Waals surface area contributed by atoms with Crippen molar-refractivity contribution >= 4 is 5.82 Å². The van der Waals surface area contributed by atoms with Gasteiger partial charge in [-0.1, -0.05) is 43.6 Å². The molecule has 0 radical (unpaired) electrons. The molecular formula is C16H19FN2O. The first-order valence-electron chi connectivity index (χ1n) is 7.00. The zero-order valence-corrected chi connectivity index (χ0v) is 11.8. The van der Waals surface area contributed by atoms with Gasteiger partial charge in [0, 0.05) is 11.5 Å². The Balaban J connectivity index is 2.14. The van der Waals surface area contributed by atoms with E-state index in [0.29, 0.717) is 11.1 Å². The van der Waals surface area contributed by atoms with Crippen molar-refractivity contribution in [3.63, 3.8) is 0 Å². The average Bonchev–Trinajstić information content (AvgIpc) is 2.93. The highest BCUT2D eigenvalue weighted by Gasteiger charge is 2.40. The van der Waals surface area contributed by atoms with Crippen molar-refractivity contribution in [3.8, 4) is 11.1 Å². The predicted molar refractivity (Wildman–Crippen MR) is 76.7 cm³/mol. The quantitative estimate of drug-likeness (QED) is 0.885. The van der Waals surface area contributed by atoms with Crippen LogP contribution in [0.3, 0.4) is 0 Å². The Hall–Kier alpha value is -1.84. The van der Waals surface area contributed by atoms with Gasteiger partial charge in [0.05, 0.1) is 5.56 Å². The van der Waals surface area contributed by atoms with Crippen LogP contribution in [0.25, 0.3) is 11.1 Å². The van der Waals surface area contributed by atoms with E-state index in [1.54, 1.807) is 18.2 Å². The number of hydrogen-bond donors (Lipinski definition) is 1. The summed E-state index contributed by atoms with van der Waals surface area (Å²) in [6, 6.07) is 6.63. The standard InChI is InChI=1S/C16H19FN2O/c1-16(2)9-5-7-11(16)14-13(15(18)19-20-14)10-6-3-4-8-12(10)17/h3-4,6,8,11H,5,7,9H2,1-2H3,(H2,18,19). The molecule has 20 heavy (non-hydrogen) atoms. The van der Waals surface area contributed by atoms with Crippen molar-refractivity contribution in [3.05, 3.63) is 35.8 Å². The molecule has 1 aromatic carbocycles. The van der Waals surface area contributed by atoms with Gasteiger partial charge >= 0.3 is 0 Å². The summed E-state index contributed by atoms with van der Waals surface area (Å²) in [5.41, 5.74) is 7.16. The van der Waals surface area contributed by atoms with E-state index in [1.807, 2.05) is 0 Å². The van der Waals surface area contributed by atoms with E-state index in [4.69, 9.17) is 10.3 Å². The Morgan fingerprint density at radius 1 is 1.35 bits per heavy atom. The molecule has 1 atom stereocenters. The van der Waals surface area contributed by atoms with Gasteiger partial charge in [0.1, 0.15) is 5.82 Å². The number of nitrogen functional groups attached to an aromatic ring is 1. The molecule has 0 amide bonds. The Bertz CT molecular complexity index is 633. The number of nitrogens with two attached hydrogens (primary N) is 1. The van der Waals surface area contributed by atoms with Crippen LogP contribution < -0.4 is 5.73 Å². The van der Waals surface area contributed by atoms with Crippen LogP contribution in [0.4, 0.5) is 10.2 Å². The molecule has 1 fully saturated rings. The Morgan fingerprint density at radius 2 is 2.10 bits per heavy atom. The zero-order chi connectivity index (χ0) is 14.3. The van der Waals surface area contributed by atoms with Gasteiger partial charge in [0.25, 0.3) is 0 Å². The van der Waals surface area contributed by atoms with E-state index in [2.05, 4.69) is 19.0 Å². The van der Waals surface area contributed by atoms with Gasteiger partial charge in [-0.25, -0.2) is 4.39 Å². The van der Waals surface area contributed by atoms with Crippen LogP contribution in [0, 0.1) is 11.2 Å². The second-order valence-corrected chi connectivity index (χ2v) is 6.22. The highest BCUT2D eigenvalue weighted by molar-refractivity contribution is 5.76. The number of hydrogen-bond acceptors (Lipinski definition) is 3. The van der Waals surface area contributed by atoms with Crippen molar-refractivity contribution in [2.45, 2.75) is 39.0 Å². The lowest BCUT2D eigenvalue weighted by molar-refractivity contribution is 0.269. The molecule has 1 aliphatic carbocycles. The Labute approximate surface area is 118 Å². The molecule has 1 saturated carbocycles. The molecule has 106 valence electrons. The summed E-state index contributed by atoms with van der Waals surface area (Å²) in [6.07, 6.45) is 3.31. The second-order valence-electron chi connectivity index (χ2n) is 6.22. The van der Waals surface area contributed by atoms with Crippen molar-refractivity contribution < 1.29 is 8.91 Å². The van der Waals surface area contributed by atoms with Crippen LogP contribution in [0.15, 0.2) is 28.8 Å². The maximum atomic E-state index is 14.1. The predicted octanol–water partition coefficient (Wildman–Crippen LogP) is 4.36. The van der Waals surface area contributed by atoms with E-state index in [0.717, 1.165) is 25.0 Å². The summed E-state index contributed by atoms with van der Waals surface area (Å²) >= 11 is 0. The van der Waals surface area contributed by atoms with Crippen LogP contribution in [-0.4, -0.2) is 5.16 Å².